The second-order valence-electron chi connectivity index (χ2n) is 7.50. The molecule has 0 radical (unpaired) electrons. The molecule has 1 heterocycles. The summed E-state index contributed by atoms with van der Waals surface area (Å²) < 4.78 is 13.2. The van der Waals surface area contributed by atoms with Crippen LogP contribution in [0, 0.1) is 13.8 Å². The molecule has 0 saturated carbocycles. The lowest BCUT2D eigenvalue weighted by Gasteiger charge is -2.34. The van der Waals surface area contributed by atoms with Crippen molar-refractivity contribution in [1.29, 1.82) is 0 Å². The maximum absolute atomic E-state index is 13.2. The van der Waals surface area contributed by atoms with E-state index in [4.69, 9.17) is 0 Å². The molecule has 3 N–H and O–H groups in total. The zero-order valence-corrected chi connectivity index (χ0v) is 18.0. The van der Waals surface area contributed by atoms with Crippen LogP contribution in [0.5, 0.6) is 5.75 Å². The van der Waals surface area contributed by atoms with Crippen LogP contribution in [-0.4, -0.2) is 27.5 Å². The van der Waals surface area contributed by atoms with E-state index in [1.807, 2.05) is 48.5 Å². The fraction of sp³-hybridized carbons (Fsp3) is 0.280. The van der Waals surface area contributed by atoms with E-state index < -0.39 is 10.8 Å². The summed E-state index contributed by atoms with van der Waals surface area (Å²) in [6.07, 6.45) is 0. The van der Waals surface area contributed by atoms with Crippen LogP contribution in [0.25, 0.3) is 0 Å². The van der Waals surface area contributed by atoms with E-state index in [9.17, 15) is 14.4 Å². The molecule has 0 amide bonds. The van der Waals surface area contributed by atoms with Gasteiger partial charge in [-0.05, 0) is 43.2 Å². The molecule has 0 fully saturated rings. The van der Waals surface area contributed by atoms with E-state index in [2.05, 4.69) is 24.1 Å². The molecular formula is C25H30N2O3S. The molecule has 3 aromatic carbocycles. The van der Waals surface area contributed by atoms with Gasteiger partial charge in [0.1, 0.15) is 5.75 Å². The normalized spacial score (nSPS) is 14.5. The predicted octanol–water partition coefficient (Wildman–Crippen LogP) is 4.55. The molecule has 0 saturated heterocycles. The van der Waals surface area contributed by atoms with E-state index in [1.165, 1.54) is 5.56 Å². The van der Waals surface area contributed by atoms with Gasteiger partial charge in [0, 0.05) is 30.8 Å². The summed E-state index contributed by atoms with van der Waals surface area (Å²) in [5.74, 6) is 0.142. The Labute approximate surface area is 186 Å². The van der Waals surface area contributed by atoms with E-state index in [-0.39, 0.29) is 19.8 Å². The summed E-state index contributed by atoms with van der Waals surface area (Å²) in [4.78, 5) is 3.93. The highest BCUT2D eigenvalue weighted by Crippen LogP contribution is 2.44. The van der Waals surface area contributed by atoms with Gasteiger partial charge in [-0.1, -0.05) is 43.8 Å². The number of rotatable bonds is 6. The molecule has 31 heavy (non-hydrogen) atoms. The van der Waals surface area contributed by atoms with E-state index in [0.717, 1.165) is 32.3 Å². The SMILES string of the molecule is C.Cc1ccc2c(c1C)N(CCNCc1cccc(CO)c1O)c1ccccc1S2=O. The summed E-state index contributed by atoms with van der Waals surface area (Å²) in [7, 11) is -1.19. The van der Waals surface area contributed by atoms with Crippen LogP contribution in [-0.2, 0) is 24.0 Å². The molecule has 4 rings (SSSR count). The Morgan fingerprint density at radius 1 is 0.968 bits per heavy atom. The smallest absolute Gasteiger partial charge is 0.125 e. The molecule has 0 aliphatic carbocycles. The molecule has 1 aliphatic heterocycles. The van der Waals surface area contributed by atoms with Crippen molar-refractivity contribution in [2.75, 3.05) is 18.0 Å². The van der Waals surface area contributed by atoms with Crippen LogP contribution in [0.15, 0.2) is 64.4 Å². The second-order valence-corrected chi connectivity index (χ2v) is 8.92. The summed E-state index contributed by atoms with van der Waals surface area (Å²) in [5, 5.41) is 23.0. The first-order chi connectivity index (χ1) is 14.5. The van der Waals surface area contributed by atoms with Crippen molar-refractivity contribution in [1.82, 2.24) is 5.32 Å². The van der Waals surface area contributed by atoms with Gasteiger partial charge in [0.05, 0.1) is 38.6 Å². The van der Waals surface area contributed by atoms with Gasteiger partial charge < -0.3 is 20.4 Å². The van der Waals surface area contributed by atoms with Crippen LogP contribution in [0.2, 0.25) is 0 Å². The van der Waals surface area contributed by atoms with Crippen molar-refractivity contribution in [2.24, 2.45) is 0 Å². The zero-order valence-electron chi connectivity index (χ0n) is 17.2. The molecule has 1 unspecified atom stereocenters. The molecule has 1 atom stereocenters. The van der Waals surface area contributed by atoms with Crippen molar-refractivity contribution in [2.45, 2.75) is 44.2 Å². The first-order valence-electron chi connectivity index (χ1n) is 10.0. The lowest BCUT2D eigenvalue weighted by Crippen LogP contribution is -2.32. The van der Waals surface area contributed by atoms with Crippen molar-refractivity contribution < 1.29 is 14.4 Å². The maximum atomic E-state index is 13.2. The number of phenols is 1. The number of aryl methyl sites for hydroxylation is 1. The molecule has 164 valence electrons. The first kappa shape index (κ1) is 23.0. The largest absolute Gasteiger partial charge is 0.507 e. The number of aliphatic hydroxyl groups is 1. The molecule has 1 aliphatic rings. The van der Waals surface area contributed by atoms with Crippen molar-refractivity contribution in [3.63, 3.8) is 0 Å². The number of nitrogens with zero attached hydrogens (tertiary/aromatic N) is 1. The Hall–Kier alpha value is -2.67. The van der Waals surface area contributed by atoms with Gasteiger partial charge in [0.15, 0.2) is 0 Å². The highest BCUT2D eigenvalue weighted by atomic mass is 32.2. The third-order valence-corrected chi connectivity index (χ3v) is 7.16. The second kappa shape index (κ2) is 9.64. The van der Waals surface area contributed by atoms with Crippen molar-refractivity contribution in [3.8, 4) is 5.75 Å². The molecule has 6 heteroatoms. The van der Waals surface area contributed by atoms with E-state index in [1.54, 1.807) is 6.07 Å². The van der Waals surface area contributed by atoms with Crippen LogP contribution < -0.4 is 10.2 Å². The quantitative estimate of drug-likeness (QED) is 0.493. The van der Waals surface area contributed by atoms with Crippen LogP contribution >= 0.6 is 0 Å². The highest BCUT2D eigenvalue weighted by molar-refractivity contribution is 7.85. The highest BCUT2D eigenvalue weighted by Gasteiger charge is 2.29. The minimum atomic E-state index is -1.19. The molecule has 3 aromatic rings. The van der Waals surface area contributed by atoms with Gasteiger partial charge in [-0.25, -0.2) is 4.21 Å². The molecule has 0 aromatic heterocycles. The first-order valence-corrected chi connectivity index (χ1v) is 11.2. The van der Waals surface area contributed by atoms with Crippen LogP contribution in [0.4, 0.5) is 11.4 Å². The minimum absolute atomic E-state index is 0. The standard InChI is InChI=1S/C24H26N2O3S.CH4/c1-16-10-11-22-23(17(16)2)26(20-8-3-4-9-21(20)30(22)29)13-12-25-14-18-6-5-7-19(15-27)24(18)28;/h3-11,25,27-28H,12-15H2,1-2H3;1H4. The fourth-order valence-corrected chi connectivity index (χ4v) is 5.34. The van der Waals surface area contributed by atoms with E-state index in [0.29, 0.717) is 25.2 Å². The lowest BCUT2D eigenvalue weighted by atomic mass is 10.1. The summed E-state index contributed by atoms with van der Waals surface area (Å²) in [6.45, 7) is 5.85. The minimum Gasteiger partial charge on any atom is -0.507 e. The van der Waals surface area contributed by atoms with Gasteiger partial charge in [-0.3, -0.25) is 0 Å². The van der Waals surface area contributed by atoms with Crippen molar-refractivity contribution >= 4 is 22.2 Å². The predicted molar refractivity (Wildman–Crippen MR) is 127 cm³/mol. The average Bonchev–Trinajstić information content (AvgIpc) is 2.76. The maximum Gasteiger partial charge on any atom is 0.125 e. The number of hydrogen-bond donors (Lipinski definition) is 3. The Morgan fingerprint density at radius 2 is 1.71 bits per heavy atom. The molecular weight excluding hydrogens is 408 g/mol. The van der Waals surface area contributed by atoms with Crippen molar-refractivity contribution in [3.05, 3.63) is 76.9 Å². The van der Waals surface area contributed by atoms with E-state index >= 15 is 0 Å². The Balaban J connectivity index is 0.00000272. The number of aromatic hydroxyl groups is 1. The topological polar surface area (TPSA) is 72.8 Å². The van der Waals surface area contributed by atoms with Gasteiger partial charge in [-0.15, -0.1) is 0 Å². The molecule has 5 nitrogen and oxygen atoms in total. The summed E-state index contributed by atoms with van der Waals surface area (Å²) >= 11 is 0. The van der Waals surface area contributed by atoms with Gasteiger partial charge in [0.25, 0.3) is 0 Å². The molecule has 0 bridgehead atoms. The van der Waals surface area contributed by atoms with Crippen LogP contribution in [0.3, 0.4) is 0 Å². The Morgan fingerprint density at radius 3 is 2.48 bits per heavy atom. The van der Waals surface area contributed by atoms with Crippen LogP contribution in [0.1, 0.15) is 29.7 Å². The Bertz CT molecular complexity index is 1110. The fourth-order valence-electron chi connectivity index (χ4n) is 3.90. The number of aliphatic hydroxyl groups excluding tert-OH is 1. The monoisotopic (exact) mass is 438 g/mol. The zero-order chi connectivity index (χ0) is 21.3. The number of anilines is 2. The van der Waals surface area contributed by atoms with Gasteiger partial charge in [-0.2, -0.15) is 0 Å². The summed E-state index contributed by atoms with van der Waals surface area (Å²) in [6, 6.07) is 17.3. The van der Waals surface area contributed by atoms with Gasteiger partial charge >= 0.3 is 0 Å². The molecule has 0 spiro atoms. The Kier molecular flexibility index (Phi) is 7.15. The summed E-state index contributed by atoms with van der Waals surface area (Å²) in [5.41, 5.74) is 5.61. The number of para-hydroxylation sites is 2. The average molecular weight is 439 g/mol. The van der Waals surface area contributed by atoms with Gasteiger partial charge in [0.2, 0.25) is 0 Å². The number of fused-ring (bicyclic) bond motifs is 2. The third kappa shape index (κ3) is 4.24. The number of hydrogen-bond acceptors (Lipinski definition) is 5. The third-order valence-electron chi connectivity index (χ3n) is 5.69. The lowest BCUT2D eigenvalue weighted by molar-refractivity contribution is 0.275. The number of benzene rings is 3. The number of nitrogens with one attached hydrogen (secondary N) is 1.